The molecule has 1 aromatic rings. The van der Waals surface area contributed by atoms with Crippen molar-refractivity contribution in [2.45, 2.75) is 32.8 Å². The van der Waals surface area contributed by atoms with Crippen LogP contribution in [0.1, 0.15) is 42.7 Å². The van der Waals surface area contributed by atoms with E-state index < -0.39 is 0 Å². The highest BCUT2D eigenvalue weighted by Gasteiger charge is 2.06. The molecule has 1 amide bonds. The first-order valence-electron chi connectivity index (χ1n) is 6.66. The highest BCUT2D eigenvalue weighted by Crippen LogP contribution is 2.00. The lowest BCUT2D eigenvalue weighted by molar-refractivity contribution is 0.0754. The molecule has 0 radical (unpaired) electrons. The zero-order valence-electron chi connectivity index (χ0n) is 11.9. The van der Waals surface area contributed by atoms with E-state index in [1.54, 1.807) is 12.1 Å². The summed E-state index contributed by atoms with van der Waals surface area (Å²) in [6.45, 7) is 5.34. The first kappa shape index (κ1) is 16.5. The van der Waals surface area contributed by atoms with Gasteiger partial charge in [0.2, 0.25) is 0 Å². The van der Waals surface area contributed by atoms with Crippen LogP contribution in [0.4, 0.5) is 0 Å². The van der Waals surface area contributed by atoms with E-state index in [4.69, 9.17) is 22.7 Å². The number of hydrogen-bond donors (Lipinski definition) is 2. The molecule has 0 unspecified atom stereocenters. The van der Waals surface area contributed by atoms with Gasteiger partial charge in [0.15, 0.2) is 0 Å². The molecule has 1 aromatic heterocycles. The maximum atomic E-state index is 11.8. The molecule has 1 heterocycles. The summed E-state index contributed by atoms with van der Waals surface area (Å²) in [6.07, 6.45) is 3.56. The Hall–Kier alpha value is -1.53. The number of thiocarbonyl (C=S) groups is 1. The van der Waals surface area contributed by atoms with Crippen LogP contribution in [-0.2, 0) is 4.74 Å². The highest BCUT2D eigenvalue weighted by molar-refractivity contribution is 7.80. The molecular formula is C14H21N3O2S. The van der Waals surface area contributed by atoms with E-state index in [0.29, 0.717) is 24.4 Å². The van der Waals surface area contributed by atoms with Gasteiger partial charge in [-0.1, -0.05) is 12.2 Å². The van der Waals surface area contributed by atoms with Gasteiger partial charge in [-0.3, -0.25) is 9.78 Å². The van der Waals surface area contributed by atoms with Gasteiger partial charge in [-0.2, -0.15) is 0 Å². The van der Waals surface area contributed by atoms with Crippen LogP contribution in [0.2, 0.25) is 0 Å². The molecule has 20 heavy (non-hydrogen) atoms. The predicted octanol–water partition coefficient (Wildman–Crippen LogP) is 1.65. The van der Waals surface area contributed by atoms with Crippen LogP contribution < -0.4 is 11.1 Å². The normalized spacial score (nSPS) is 10.6. The molecule has 0 atom stereocenters. The number of aromatic nitrogens is 1. The van der Waals surface area contributed by atoms with Gasteiger partial charge in [-0.15, -0.1) is 0 Å². The average molecular weight is 295 g/mol. The van der Waals surface area contributed by atoms with Crippen LogP contribution in [0.3, 0.4) is 0 Å². The number of ether oxygens (including phenoxy) is 1. The Morgan fingerprint density at radius 1 is 1.45 bits per heavy atom. The molecule has 5 nitrogen and oxygen atoms in total. The van der Waals surface area contributed by atoms with E-state index in [0.717, 1.165) is 12.8 Å². The summed E-state index contributed by atoms with van der Waals surface area (Å²) in [7, 11) is 0. The van der Waals surface area contributed by atoms with Crippen LogP contribution in [-0.4, -0.2) is 35.1 Å². The molecule has 0 aliphatic rings. The predicted molar refractivity (Wildman–Crippen MR) is 82.8 cm³/mol. The van der Waals surface area contributed by atoms with E-state index >= 15 is 0 Å². The quantitative estimate of drug-likeness (QED) is 0.563. The van der Waals surface area contributed by atoms with Gasteiger partial charge in [0.05, 0.1) is 6.10 Å². The molecular weight excluding hydrogens is 274 g/mol. The topological polar surface area (TPSA) is 77.2 Å². The maximum absolute atomic E-state index is 11.8. The summed E-state index contributed by atoms with van der Waals surface area (Å²) in [5.74, 6) is -0.190. The summed E-state index contributed by atoms with van der Waals surface area (Å²) in [6, 6.07) is 3.31. The lowest BCUT2D eigenvalue weighted by atomic mass is 10.2. The van der Waals surface area contributed by atoms with Crippen molar-refractivity contribution < 1.29 is 9.53 Å². The molecule has 0 spiro atoms. The second kappa shape index (κ2) is 8.60. The number of carbonyl (C=O) groups is 1. The number of nitrogens with two attached hydrogens (primary N) is 1. The summed E-state index contributed by atoms with van der Waals surface area (Å²) >= 11 is 4.83. The first-order chi connectivity index (χ1) is 9.50. The fourth-order valence-corrected chi connectivity index (χ4v) is 1.63. The van der Waals surface area contributed by atoms with Crippen molar-refractivity contribution in [3.63, 3.8) is 0 Å². The fourth-order valence-electron chi connectivity index (χ4n) is 1.51. The van der Waals surface area contributed by atoms with Crippen molar-refractivity contribution in [1.29, 1.82) is 0 Å². The Labute approximate surface area is 124 Å². The molecule has 3 N–H and O–H groups in total. The monoisotopic (exact) mass is 295 g/mol. The molecule has 0 aromatic carbocycles. The fraction of sp³-hybridized carbons (Fsp3) is 0.500. The standard InChI is InChI=1S/C14H21N3O2S/c1-10(2)19-8-4-3-7-16-14(18)12-6-5-11(9-17-12)13(15)20/h5-6,9-10H,3-4,7-8H2,1-2H3,(H2,15,20)(H,16,18). The summed E-state index contributed by atoms with van der Waals surface area (Å²) in [5.41, 5.74) is 6.49. The second-order valence-corrected chi connectivity index (χ2v) is 5.12. The lowest BCUT2D eigenvalue weighted by Gasteiger charge is -2.08. The minimum absolute atomic E-state index is 0.190. The molecule has 0 fully saturated rings. The lowest BCUT2D eigenvalue weighted by Crippen LogP contribution is -2.25. The molecule has 0 aliphatic heterocycles. The summed E-state index contributed by atoms with van der Waals surface area (Å²) in [5, 5.41) is 2.81. The number of nitrogens with one attached hydrogen (secondary N) is 1. The van der Waals surface area contributed by atoms with Crippen molar-refractivity contribution in [3.05, 3.63) is 29.6 Å². The van der Waals surface area contributed by atoms with E-state index in [1.165, 1.54) is 6.20 Å². The molecule has 0 saturated heterocycles. The van der Waals surface area contributed by atoms with Gasteiger partial charge < -0.3 is 15.8 Å². The van der Waals surface area contributed by atoms with Crippen LogP contribution in [0.25, 0.3) is 0 Å². The molecule has 110 valence electrons. The minimum Gasteiger partial charge on any atom is -0.389 e. The summed E-state index contributed by atoms with van der Waals surface area (Å²) < 4.78 is 5.42. The van der Waals surface area contributed by atoms with Crippen molar-refractivity contribution >= 4 is 23.1 Å². The Morgan fingerprint density at radius 2 is 2.20 bits per heavy atom. The SMILES string of the molecule is CC(C)OCCCCNC(=O)c1ccc(C(N)=S)cn1. The van der Waals surface area contributed by atoms with Crippen molar-refractivity contribution in [2.24, 2.45) is 5.73 Å². The largest absolute Gasteiger partial charge is 0.389 e. The molecule has 0 saturated carbocycles. The van der Waals surface area contributed by atoms with Crippen LogP contribution in [0, 0.1) is 0 Å². The van der Waals surface area contributed by atoms with Crippen molar-refractivity contribution in [1.82, 2.24) is 10.3 Å². The van der Waals surface area contributed by atoms with Gasteiger partial charge in [0.25, 0.3) is 5.91 Å². The smallest absolute Gasteiger partial charge is 0.269 e. The van der Waals surface area contributed by atoms with Gasteiger partial charge >= 0.3 is 0 Å². The Kier molecular flexibility index (Phi) is 7.11. The Balaban J connectivity index is 2.27. The van der Waals surface area contributed by atoms with E-state index in [9.17, 15) is 4.79 Å². The minimum atomic E-state index is -0.190. The zero-order chi connectivity index (χ0) is 15.0. The van der Waals surface area contributed by atoms with Crippen molar-refractivity contribution in [3.8, 4) is 0 Å². The average Bonchev–Trinajstić information content (AvgIpc) is 2.42. The Morgan fingerprint density at radius 3 is 2.75 bits per heavy atom. The summed E-state index contributed by atoms with van der Waals surface area (Å²) in [4.78, 5) is 16.1. The van der Waals surface area contributed by atoms with Crippen LogP contribution in [0.15, 0.2) is 18.3 Å². The number of carbonyl (C=O) groups excluding carboxylic acids is 1. The highest BCUT2D eigenvalue weighted by atomic mass is 32.1. The molecule has 1 rings (SSSR count). The number of unbranched alkanes of at least 4 members (excludes halogenated alkanes) is 1. The van der Waals surface area contributed by atoms with Gasteiger partial charge in [0, 0.05) is 24.9 Å². The van der Waals surface area contributed by atoms with E-state index in [-0.39, 0.29) is 17.0 Å². The molecule has 0 aliphatic carbocycles. The number of hydrogen-bond acceptors (Lipinski definition) is 4. The number of rotatable bonds is 8. The van der Waals surface area contributed by atoms with E-state index in [2.05, 4.69) is 10.3 Å². The van der Waals surface area contributed by atoms with E-state index in [1.807, 2.05) is 13.8 Å². The third kappa shape index (κ3) is 6.08. The van der Waals surface area contributed by atoms with Gasteiger partial charge in [-0.25, -0.2) is 0 Å². The number of nitrogens with zero attached hydrogens (tertiary/aromatic N) is 1. The van der Waals surface area contributed by atoms with Crippen LogP contribution in [0.5, 0.6) is 0 Å². The maximum Gasteiger partial charge on any atom is 0.269 e. The Bertz CT molecular complexity index is 446. The molecule has 0 bridgehead atoms. The first-order valence-corrected chi connectivity index (χ1v) is 7.07. The third-order valence-electron chi connectivity index (χ3n) is 2.59. The van der Waals surface area contributed by atoms with Gasteiger partial charge in [0.1, 0.15) is 10.7 Å². The third-order valence-corrected chi connectivity index (χ3v) is 2.82. The zero-order valence-corrected chi connectivity index (χ0v) is 12.7. The number of pyridine rings is 1. The van der Waals surface area contributed by atoms with Gasteiger partial charge in [-0.05, 0) is 38.8 Å². The van der Waals surface area contributed by atoms with Crippen molar-refractivity contribution in [2.75, 3.05) is 13.2 Å². The number of amides is 1. The molecule has 6 heteroatoms. The second-order valence-electron chi connectivity index (χ2n) is 4.68. The van der Waals surface area contributed by atoms with Crippen LogP contribution >= 0.6 is 12.2 Å².